The van der Waals surface area contributed by atoms with Crippen LogP contribution in [0.1, 0.15) is 27.0 Å². The van der Waals surface area contributed by atoms with Crippen LogP contribution in [0.2, 0.25) is 5.02 Å². The number of benzene rings is 3. The van der Waals surface area contributed by atoms with Crippen LogP contribution in [0.5, 0.6) is 0 Å². The van der Waals surface area contributed by atoms with Crippen LogP contribution in [0, 0.1) is 12.7 Å². The first-order valence-electron chi connectivity index (χ1n) is 9.56. The summed E-state index contributed by atoms with van der Waals surface area (Å²) in [7, 11) is -3.56. The Morgan fingerprint density at radius 2 is 1.78 bits per heavy atom. The first kappa shape index (κ1) is 23.4. The van der Waals surface area contributed by atoms with E-state index in [9.17, 15) is 17.6 Å². The molecule has 0 fully saturated rings. The van der Waals surface area contributed by atoms with Gasteiger partial charge < -0.3 is 0 Å². The van der Waals surface area contributed by atoms with Crippen molar-refractivity contribution in [3.05, 3.63) is 99.8 Å². The number of carbonyl (C=O) groups excluding carboxylic acids is 1. The van der Waals surface area contributed by atoms with Gasteiger partial charge in [0, 0.05) is 11.1 Å². The quantitative estimate of drug-likeness (QED) is 0.405. The minimum atomic E-state index is -3.56. The topological polar surface area (TPSA) is 78.8 Å². The van der Waals surface area contributed by atoms with Crippen LogP contribution in [-0.4, -0.2) is 26.8 Å². The second-order valence-corrected chi connectivity index (χ2v) is 9.39. The molecule has 3 aromatic rings. The molecule has 0 unspecified atom stereocenters. The number of sulfonamides is 1. The van der Waals surface area contributed by atoms with Gasteiger partial charge in [-0.25, -0.2) is 18.2 Å². The lowest BCUT2D eigenvalue weighted by Crippen LogP contribution is -2.29. The van der Waals surface area contributed by atoms with Crippen molar-refractivity contribution < 1.29 is 17.6 Å². The summed E-state index contributed by atoms with van der Waals surface area (Å²) in [6, 6.07) is 17.8. The highest BCUT2D eigenvalue weighted by atomic mass is 35.5. The summed E-state index contributed by atoms with van der Waals surface area (Å²) >= 11 is 5.92. The molecule has 0 bridgehead atoms. The van der Waals surface area contributed by atoms with Gasteiger partial charge in [0.1, 0.15) is 5.82 Å². The predicted molar refractivity (Wildman–Crippen MR) is 125 cm³/mol. The van der Waals surface area contributed by atoms with Crippen LogP contribution in [-0.2, 0) is 16.6 Å². The maximum atomic E-state index is 13.8. The zero-order chi connectivity index (χ0) is 23.3. The van der Waals surface area contributed by atoms with Gasteiger partial charge >= 0.3 is 0 Å². The van der Waals surface area contributed by atoms with Crippen molar-refractivity contribution >= 4 is 39.4 Å². The number of halogens is 2. The highest BCUT2D eigenvalue weighted by Crippen LogP contribution is 2.22. The monoisotopic (exact) mass is 473 g/mol. The molecule has 166 valence electrons. The lowest BCUT2D eigenvalue weighted by Gasteiger charge is -2.23. The Morgan fingerprint density at radius 1 is 1.09 bits per heavy atom. The predicted octanol–water partition coefficient (Wildman–Crippen LogP) is 4.52. The maximum absolute atomic E-state index is 13.8. The first-order valence-corrected chi connectivity index (χ1v) is 11.8. The van der Waals surface area contributed by atoms with Crippen LogP contribution >= 0.6 is 11.6 Å². The summed E-state index contributed by atoms with van der Waals surface area (Å²) in [4.78, 5) is 12.3. The van der Waals surface area contributed by atoms with Crippen LogP contribution in [0.4, 0.5) is 10.1 Å². The molecule has 9 heteroatoms. The highest BCUT2D eigenvalue weighted by molar-refractivity contribution is 7.92. The molecule has 0 atom stereocenters. The molecule has 0 saturated carbocycles. The lowest BCUT2D eigenvalue weighted by atomic mass is 10.1. The molecular formula is C23H21ClFN3O3S. The molecule has 0 aromatic heterocycles. The summed E-state index contributed by atoms with van der Waals surface area (Å²) in [5, 5.41) is 3.92. The minimum absolute atomic E-state index is 0.0600. The molecule has 0 aliphatic heterocycles. The third-order valence-electron chi connectivity index (χ3n) is 4.75. The Balaban J connectivity index is 1.75. The normalized spacial score (nSPS) is 11.5. The molecule has 0 aliphatic rings. The first-order chi connectivity index (χ1) is 15.2. The third kappa shape index (κ3) is 5.72. The molecule has 1 amide bonds. The van der Waals surface area contributed by atoms with Crippen molar-refractivity contribution in [2.45, 2.75) is 13.5 Å². The summed E-state index contributed by atoms with van der Waals surface area (Å²) in [6.07, 6.45) is 2.26. The summed E-state index contributed by atoms with van der Waals surface area (Å²) in [5.74, 6) is -1.10. The van der Waals surface area contributed by atoms with E-state index in [2.05, 4.69) is 10.5 Å². The average molecular weight is 474 g/mol. The fourth-order valence-corrected chi connectivity index (χ4v) is 4.07. The Kier molecular flexibility index (Phi) is 7.27. The van der Waals surface area contributed by atoms with Gasteiger partial charge in [-0.1, -0.05) is 41.9 Å². The van der Waals surface area contributed by atoms with Crippen LogP contribution in [0.15, 0.2) is 71.8 Å². The van der Waals surface area contributed by atoms with E-state index in [1.54, 1.807) is 12.1 Å². The average Bonchev–Trinajstić information content (AvgIpc) is 2.74. The molecule has 0 spiro atoms. The number of carbonyl (C=O) groups is 1. The van der Waals surface area contributed by atoms with Gasteiger partial charge in [-0.3, -0.25) is 9.10 Å². The van der Waals surface area contributed by atoms with Gasteiger partial charge in [0.05, 0.1) is 29.7 Å². The number of hydrazone groups is 1. The lowest BCUT2D eigenvalue weighted by molar-refractivity contribution is 0.0955. The zero-order valence-corrected chi connectivity index (χ0v) is 19.0. The second-order valence-electron chi connectivity index (χ2n) is 7.08. The van der Waals surface area contributed by atoms with Gasteiger partial charge in [-0.2, -0.15) is 5.10 Å². The number of amides is 1. The van der Waals surface area contributed by atoms with E-state index in [1.807, 2.05) is 31.2 Å². The van der Waals surface area contributed by atoms with Gasteiger partial charge in [-0.05, 0) is 54.4 Å². The van der Waals surface area contributed by atoms with Gasteiger partial charge in [0.25, 0.3) is 5.91 Å². The molecule has 0 aliphatic carbocycles. The summed E-state index contributed by atoms with van der Waals surface area (Å²) < 4.78 is 39.8. The van der Waals surface area contributed by atoms with Crippen molar-refractivity contribution in [1.82, 2.24) is 5.43 Å². The van der Waals surface area contributed by atoms with E-state index < -0.39 is 21.7 Å². The maximum Gasteiger partial charge on any atom is 0.271 e. The Labute approximate surface area is 191 Å². The van der Waals surface area contributed by atoms with Crippen LogP contribution in [0.25, 0.3) is 0 Å². The largest absolute Gasteiger partial charge is 0.271 e. The van der Waals surface area contributed by atoms with E-state index in [0.29, 0.717) is 5.69 Å². The van der Waals surface area contributed by atoms with Crippen molar-refractivity contribution in [3.63, 3.8) is 0 Å². The Morgan fingerprint density at radius 3 is 2.41 bits per heavy atom. The molecule has 1 N–H and O–H groups in total. The number of hydrogen-bond acceptors (Lipinski definition) is 4. The van der Waals surface area contributed by atoms with Crippen molar-refractivity contribution in [3.8, 4) is 0 Å². The van der Waals surface area contributed by atoms with Crippen molar-refractivity contribution in [2.24, 2.45) is 5.10 Å². The number of anilines is 1. The number of hydrogen-bond donors (Lipinski definition) is 1. The Bertz CT molecular complexity index is 1240. The van der Waals surface area contributed by atoms with Crippen molar-refractivity contribution in [1.29, 1.82) is 0 Å². The highest BCUT2D eigenvalue weighted by Gasteiger charge is 2.19. The minimum Gasteiger partial charge on any atom is -0.267 e. The van der Waals surface area contributed by atoms with Crippen LogP contribution in [0.3, 0.4) is 0 Å². The molecule has 0 saturated heterocycles. The number of nitrogens with zero attached hydrogens (tertiary/aromatic N) is 2. The molecule has 0 heterocycles. The standard InChI is InChI=1S/C23H21ClFN3O3S/c1-16-6-3-4-7-18(16)15-28(32(2,30)31)19-12-10-17(11-13-19)23(29)27-26-14-20-21(24)8-5-9-22(20)25/h3-14H,15H2,1-2H3,(H,27,29)/b26-14-. The SMILES string of the molecule is Cc1ccccc1CN(c1ccc(C(=O)N/N=C\c2c(F)cccc2Cl)cc1)S(C)(=O)=O. The van der Waals surface area contributed by atoms with E-state index >= 15 is 0 Å². The second kappa shape index (κ2) is 9.93. The van der Waals surface area contributed by atoms with Gasteiger partial charge in [-0.15, -0.1) is 0 Å². The van der Waals surface area contributed by atoms with E-state index in [0.717, 1.165) is 23.6 Å². The number of nitrogens with one attached hydrogen (secondary N) is 1. The zero-order valence-electron chi connectivity index (χ0n) is 17.4. The Hall–Kier alpha value is -3.23. The molecule has 3 aromatic carbocycles. The molecule has 6 nitrogen and oxygen atoms in total. The van der Waals surface area contributed by atoms with Crippen molar-refractivity contribution in [2.75, 3.05) is 10.6 Å². The molecule has 3 rings (SSSR count). The summed E-state index contributed by atoms with van der Waals surface area (Å²) in [6.45, 7) is 2.09. The number of aryl methyl sites for hydroxylation is 1. The fraction of sp³-hybridized carbons (Fsp3) is 0.130. The fourth-order valence-electron chi connectivity index (χ4n) is 2.98. The third-order valence-corrected chi connectivity index (χ3v) is 6.22. The molecular weight excluding hydrogens is 453 g/mol. The van der Waals surface area contributed by atoms with Gasteiger partial charge in [0.15, 0.2) is 0 Å². The molecule has 32 heavy (non-hydrogen) atoms. The number of rotatable bonds is 7. The smallest absolute Gasteiger partial charge is 0.267 e. The van der Waals surface area contributed by atoms with E-state index in [-0.39, 0.29) is 22.7 Å². The van der Waals surface area contributed by atoms with Gasteiger partial charge in [0.2, 0.25) is 10.0 Å². The van der Waals surface area contributed by atoms with E-state index in [1.165, 1.54) is 34.6 Å². The molecule has 0 radical (unpaired) electrons. The van der Waals surface area contributed by atoms with Crippen LogP contribution < -0.4 is 9.73 Å². The summed E-state index contributed by atoms with van der Waals surface area (Å²) in [5.41, 5.74) is 4.90. The van der Waals surface area contributed by atoms with E-state index in [4.69, 9.17) is 11.6 Å².